The first-order valence-electron chi connectivity index (χ1n) is 2.40. The highest BCUT2D eigenvalue weighted by Crippen LogP contribution is 1.95. The third kappa shape index (κ3) is 4.36. The van der Waals surface area contributed by atoms with Crippen LogP contribution < -0.4 is 0 Å². The summed E-state index contributed by atoms with van der Waals surface area (Å²) in [6.45, 7) is 3.29. The van der Waals surface area contributed by atoms with Crippen LogP contribution in [0.5, 0.6) is 0 Å². The maximum Gasteiger partial charge on any atom is 0.302 e. The Bertz CT molecular complexity index is 82.5. The molecule has 1 unspecified atom stereocenters. The van der Waals surface area contributed by atoms with Gasteiger partial charge in [-0.25, -0.2) is 0 Å². The van der Waals surface area contributed by atoms with Gasteiger partial charge >= 0.3 is 5.97 Å². The van der Waals surface area contributed by atoms with Gasteiger partial charge in [0, 0.05) is 11.4 Å². The van der Waals surface area contributed by atoms with Gasteiger partial charge in [-0.15, -0.1) is 0 Å². The normalized spacial score (nSPS) is 12.9. The highest BCUT2D eigenvalue weighted by molar-refractivity contribution is 14.1. The second-order valence-corrected chi connectivity index (χ2v) is 2.46. The van der Waals surface area contributed by atoms with Crippen LogP contribution >= 0.6 is 22.6 Å². The molecule has 0 amide bonds. The minimum atomic E-state index is -0.200. The Hall–Kier alpha value is 0.200. The zero-order chi connectivity index (χ0) is 6.57. The number of carbonyl (C=O) groups excluding carboxylic acids is 1. The van der Waals surface area contributed by atoms with Gasteiger partial charge in [0.15, 0.2) is 0 Å². The molecule has 1 atom stereocenters. The van der Waals surface area contributed by atoms with Crippen LogP contribution in [0.4, 0.5) is 0 Å². The Morgan fingerprint density at radius 3 is 2.50 bits per heavy atom. The molecule has 0 fully saturated rings. The fraction of sp³-hybridized carbons (Fsp3) is 0.800. The maximum atomic E-state index is 10.2. The summed E-state index contributed by atoms with van der Waals surface area (Å²) in [4.78, 5) is 10.2. The summed E-state index contributed by atoms with van der Waals surface area (Å²) in [5.74, 6) is -0.200. The van der Waals surface area contributed by atoms with E-state index in [1.54, 1.807) is 0 Å². The van der Waals surface area contributed by atoms with Crippen LogP contribution in [0.15, 0.2) is 0 Å². The molecule has 0 radical (unpaired) electrons. The van der Waals surface area contributed by atoms with E-state index in [9.17, 15) is 4.79 Å². The molecule has 2 nitrogen and oxygen atoms in total. The molecule has 0 aliphatic carbocycles. The molecule has 0 N–H and O–H groups in total. The lowest BCUT2D eigenvalue weighted by Crippen LogP contribution is -2.12. The van der Waals surface area contributed by atoms with E-state index in [-0.39, 0.29) is 12.1 Å². The van der Waals surface area contributed by atoms with E-state index >= 15 is 0 Å². The molecule has 0 aliphatic heterocycles. The number of ether oxygens (including phenoxy) is 1. The van der Waals surface area contributed by atoms with Gasteiger partial charge in [-0.2, -0.15) is 0 Å². The smallest absolute Gasteiger partial charge is 0.302 e. The van der Waals surface area contributed by atoms with Crippen molar-refractivity contribution in [3.8, 4) is 0 Å². The fourth-order valence-electron chi connectivity index (χ4n) is 0.315. The van der Waals surface area contributed by atoms with E-state index in [0.717, 1.165) is 4.43 Å². The molecule has 0 aromatic rings. The van der Waals surface area contributed by atoms with E-state index in [0.29, 0.717) is 0 Å². The summed E-state index contributed by atoms with van der Waals surface area (Å²) in [6.07, 6.45) is 0.0631. The Morgan fingerprint density at radius 2 is 2.38 bits per heavy atom. The summed E-state index contributed by atoms with van der Waals surface area (Å²) in [5.41, 5.74) is 0. The molecule has 0 aliphatic rings. The topological polar surface area (TPSA) is 26.3 Å². The number of hydrogen-bond donors (Lipinski definition) is 0. The largest absolute Gasteiger partial charge is 0.462 e. The third-order valence-corrected chi connectivity index (χ3v) is 1.82. The van der Waals surface area contributed by atoms with Crippen molar-refractivity contribution in [1.82, 2.24) is 0 Å². The average Bonchev–Trinajstić information content (AvgIpc) is 1.65. The van der Waals surface area contributed by atoms with Gasteiger partial charge in [0.05, 0.1) is 0 Å². The van der Waals surface area contributed by atoms with Crippen molar-refractivity contribution in [2.45, 2.75) is 20.0 Å². The van der Waals surface area contributed by atoms with Gasteiger partial charge < -0.3 is 4.74 Å². The lowest BCUT2D eigenvalue weighted by Gasteiger charge is -2.05. The molecule has 0 aromatic heterocycles. The summed E-state index contributed by atoms with van der Waals surface area (Å²) in [6, 6.07) is 0. The van der Waals surface area contributed by atoms with Gasteiger partial charge in [-0.3, -0.25) is 4.79 Å². The Morgan fingerprint density at radius 1 is 1.88 bits per heavy atom. The highest BCUT2D eigenvalue weighted by atomic mass is 127. The molecular weight excluding hydrogens is 219 g/mol. The van der Waals surface area contributed by atoms with Crippen molar-refractivity contribution in [3.63, 3.8) is 0 Å². The first kappa shape index (κ1) is 8.20. The molecule has 0 aromatic carbocycles. The van der Waals surface area contributed by atoms with E-state index in [4.69, 9.17) is 4.74 Å². The van der Waals surface area contributed by atoms with Crippen LogP contribution in [0.1, 0.15) is 13.8 Å². The number of halogens is 1. The maximum absolute atomic E-state index is 10.2. The highest BCUT2D eigenvalue weighted by Gasteiger charge is 2.00. The molecular formula is C5H9IO2. The van der Waals surface area contributed by atoms with Crippen molar-refractivity contribution < 1.29 is 9.53 Å². The molecule has 8 heavy (non-hydrogen) atoms. The first-order valence-corrected chi connectivity index (χ1v) is 3.92. The Balaban J connectivity index is 3.24. The van der Waals surface area contributed by atoms with Crippen molar-refractivity contribution in [2.24, 2.45) is 0 Å². The van der Waals surface area contributed by atoms with Crippen LogP contribution in [0.25, 0.3) is 0 Å². The summed E-state index contributed by atoms with van der Waals surface area (Å²) in [5, 5.41) is 0. The van der Waals surface area contributed by atoms with Crippen LogP contribution in [0.2, 0.25) is 0 Å². The van der Waals surface area contributed by atoms with Crippen LogP contribution in [0, 0.1) is 0 Å². The van der Waals surface area contributed by atoms with Gasteiger partial charge in [0.2, 0.25) is 0 Å². The van der Waals surface area contributed by atoms with Gasteiger partial charge in [-0.05, 0) is 6.92 Å². The zero-order valence-electron chi connectivity index (χ0n) is 4.98. The second-order valence-electron chi connectivity index (χ2n) is 1.57. The van der Waals surface area contributed by atoms with Gasteiger partial charge in [0.1, 0.15) is 6.10 Å². The monoisotopic (exact) mass is 228 g/mol. The molecule has 0 bridgehead atoms. The summed E-state index contributed by atoms with van der Waals surface area (Å²) >= 11 is 2.17. The van der Waals surface area contributed by atoms with Crippen LogP contribution in [0.3, 0.4) is 0 Å². The third-order valence-electron chi connectivity index (χ3n) is 0.584. The lowest BCUT2D eigenvalue weighted by molar-refractivity contribution is -0.144. The quantitative estimate of drug-likeness (QED) is 0.405. The minimum Gasteiger partial charge on any atom is -0.462 e. The molecule has 0 saturated carbocycles. The van der Waals surface area contributed by atoms with Crippen LogP contribution in [-0.2, 0) is 9.53 Å². The standard InChI is InChI=1S/C5H9IO2/c1-4(3-6)8-5(2)7/h4H,3H2,1-2H3. The Labute approximate surface area is 62.7 Å². The SMILES string of the molecule is CC(=O)OC(C)CI. The summed E-state index contributed by atoms with van der Waals surface area (Å²) in [7, 11) is 0. The predicted molar refractivity (Wildman–Crippen MR) is 40.1 cm³/mol. The van der Waals surface area contributed by atoms with E-state index in [2.05, 4.69) is 22.6 Å². The van der Waals surface area contributed by atoms with Gasteiger partial charge in [0.25, 0.3) is 0 Å². The number of carbonyl (C=O) groups is 1. The second kappa shape index (κ2) is 4.12. The van der Waals surface area contributed by atoms with E-state index < -0.39 is 0 Å². The van der Waals surface area contributed by atoms with Gasteiger partial charge in [-0.1, -0.05) is 22.6 Å². The number of esters is 1. The lowest BCUT2D eigenvalue weighted by atomic mass is 10.5. The number of hydrogen-bond acceptors (Lipinski definition) is 2. The molecule has 0 spiro atoms. The van der Waals surface area contributed by atoms with Crippen LogP contribution in [-0.4, -0.2) is 16.5 Å². The Kier molecular flexibility index (Phi) is 4.22. The molecule has 0 heterocycles. The zero-order valence-corrected chi connectivity index (χ0v) is 7.14. The van der Waals surface area contributed by atoms with Crippen molar-refractivity contribution in [3.05, 3.63) is 0 Å². The van der Waals surface area contributed by atoms with Crippen molar-refractivity contribution in [2.75, 3.05) is 4.43 Å². The molecule has 48 valence electrons. The molecule has 3 heteroatoms. The number of alkyl halides is 1. The predicted octanol–water partition coefficient (Wildman–Crippen LogP) is 1.37. The molecule has 0 saturated heterocycles. The van der Waals surface area contributed by atoms with E-state index in [1.165, 1.54) is 6.92 Å². The average molecular weight is 228 g/mol. The minimum absolute atomic E-state index is 0.0631. The number of rotatable bonds is 2. The van der Waals surface area contributed by atoms with Crippen molar-refractivity contribution in [1.29, 1.82) is 0 Å². The van der Waals surface area contributed by atoms with E-state index in [1.807, 2.05) is 6.92 Å². The first-order chi connectivity index (χ1) is 3.66. The summed E-state index contributed by atoms with van der Waals surface area (Å²) < 4.78 is 5.61. The molecule has 0 rings (SSSR count). The van der Waals surface area contributed by atoms with Crippen molar-refractivity contribution >= 4 is 28.6 Å². The fourth-order valence-corrected chi connectivity index (χ4v) is 0.495.